The van der Waals surface area contributed by atoms with Gasteiger partial charge in [-0.25, -0.2) is 0 Å². The maximum absolute atomic E-state index is 12.6. The molecule has 4 nitrogen and oxygen atoms in total. The Labute approximate surface area is 167 Å². The standard InChI is InChI=1S/C20H14Br2N2O2/c21-13-5-3-7-15(11-13)23-19(25)17-9-1-2-10-18(17)20(26)24-16-8-4-6-14(22)12-16/h1-12H,(H,23,25)(H,24,26). The largest absolute Gasteiger partial charge is 0.322 e. The predicted octanol–water partition coefficient (Wildman–Crippen LogP) is 5.72. The first-order chi connectivity index (χ1) is 12.5. The van der Waals surface area contributed by atoms with E-state index in [4.69, 9.17) is 0 Å². The second-order valence-corrected chi connectivity index (χ2v) is 7.31. The third-order valence-corrected chi connectivity index (χ3v) is 4.57. The summed E-state index contributed by atoms with van der Waals surface area (Å²) in [5.41, 5.74) is 1.90. The molecule has 2 N–H and O–H groups in total. The highest BCUT2D eigenvalue weighted by Gasteiger charge is 2.17. The normalized spacial score (nSPS) is 10.2. The van der Waals surface area contributed by atoms with Crippen molar-refractivity contribution in [3.05, 3.63) is 92.9 Å². The van der Waals surface area contributed by atoms with Gasteiger partial charge in [-0.15, -0.1) is 0 Å². The Kier molecular flexibility index (Phi) is 5.85. The zero-order valence-electron chi connectivity index (χ0n) is 13.5. The minimum absolute atomic E-state index is 0.306. The van der Waals surface area contributed by atoms with Crippen molar-refractivity contribution in [2.45, 2.75) is 0 Å². The maximum Gasteiger partial charge on any atom is 0.256 e. The van der Waals surface area contributed by atoms with Gasteiger partial charge in [0.1, 0.15) is 0 Å². The first kappa shape index (κ1) is 18.4. The zero-order valence-corrected chi connectivity index (χ0v) is 16.7. The molecular formula is C20H14Br2N2O2. The zero-order chi connectivity index (χ0) is 18.5. The molecule has 0 aromatic heterocycles. The van der Waals surface area contributed by atoms with Crippen LogP contribution in [-0.2, 0) is 0 Å². The summed E-state index contributed by atoms with van der Waals surface area (Å²) in [5.74, 6) is -0.689. The summed E-state index contributed by atoms with van der Waals surface area (Å²) in [6.07, 6.45) is 0. The van der Waals surface area contributed by atoms with Crippen molar-refractivity contribution in [3.63, 3.8) is 0 Å². The summed E-state index contributed by atoms with van der Waals surface area (Å²) >= 11 is 6.74. The van der Waals surface area contributed by atoms with E-state index < -0.39 is 0 Å². The number of carbonyl (C=O) groups is 2. The lowest BCUT2D eigenvalue weighted by Gasteiger charge is -2.11. The molecule has 0 radical (unpaired) electrons. The number of carbonyl (C=O) groups excluding carboxylic acids is 2. The van der Waals surface area contributed by atoms with E-state index in [1.165, 1.54) is 0 Å². The van der Waals surface area contributed by atoms with Gasteiger partial charge in [0.15, 0.2) is 0 Å². The SMILES string of the molecule is O=C(Nc1cccc(Br)c1)c1ccccc1C(=O)Nc1cccc(Br)c1. The van der Waals surface area contributed by atoms with E-state index in [1.807, 2.05) is 24.3 Å². The fourth-order valence-corrected chi connectivity index (χ4v) is 3.21. The van der Waals surface area contributed by atoms with E-state index in [0.717, 1.165) is 8.95 Å². The minimum atomic E-state index is -0.344. The molecule has 0 atom stereocenters. The monoisotopic (exact) mass is 472 g/mol. The molecule has 3 aromatic carbocycles. The van der Waals surface area contributed by atoms with Crippen LogP contribution in [0.5, 0.6) is 0 Å². The number of anilines is 2. The van der Waals surface area contributed by atoms with Crippen LogP contribution in [-0.4, -0.2) is 11.8 Å². The van der Waals surface area contributed by atoms with Crippen molar-refractivity contribution in [2.75, 3.05) is 10.6 Å². The van der Waals surface area contributed by atoms with Crippen molar-refractivity contribution in [1.82, 2.24) is 0 Å². The van der Waals surface area contributed by atoms with E-state index in [-0.39, 0.29) is 11.8 Å². The fourth-order valence-electron chi connectivity index (χ4n) is 2.41. The molecule has 0 aliphatic heterocycles. The van der Waals surface area contributed by atoms with Crippen molar-refractivity contribution in [3.8, 4) is 0 Å². The highest BCUT2D eigenvalue weighted by molar-refractivity contribution is 9.10. The molecule has 0 bridgehead atoms. The number of amides is 2. The summed E-state index contributed by atoms with van der Waals surface area (Å²) in [6.45, 7) is 0. The fraction of sp³-hybridized carbons (Fsp3) is 0. The van der Waals surface area contributed by atoms with Crippen LogP contribution in [0.25, 0.3) is 0 Å². The topological polar surface area (TPSA) is 58.2 Å². The molecule has 0 aliphatic carbocycles. The van der Waals surface area contributed by atoms with Gasteiger partial charge < -0.3 is 10.6 Å². The lowest BCUT2D eigenvalue weighted by atomic mass is 10.1. The molecule has 130 valence electrons. The third-order valence-electron chi connectivity index (χ3n) is 3.58. The van der Waals surface area contributed by atoms with E-state index >= 15 is 0 Å². The van der Waals surface area contributed by atoms with E-state index in [0.29, 0.717) is 22.5 Å². The molecular weight excluding hydrogens is 460 g/mol. The Hall–Kier alpha value is -2.44. The minimum Gasteiger partial charge on any atom is -0.322 e. The second-order valence-electron chi connectivity index (χ2n) is 5.47. The molecule has 0 unspecified atom stereocenters. The molecule has 0 spiro atoms. The van der Waals surface area contributed by atoms with Crippen LogP contribution in [0.15, 0.2) is 81.7 Å². The van der Waals surface area contributed by atoms with Gasteiger partial charge in [-0.2, -0.15) is 0 Å². The summed E-state index contributed by atoms with van der Waals surface area (Å²) in [6, 6.07) is 21.3. The van der Waals surface area contributed by atoms with Gasteiger partial charge in [0.25, 0.3) is 11.8 Å². The number of nitrogens with one attached hydrogen (secondary N) is 2. The number of rotatable bonds is 4. The van der Waals surface area contributed by atoms with Crippen LogP contribution < -0.4 is 10.6 Å². The highest BCUT2D eigenvalue weighted by atomic mass is 79.9. The molecule has 0 aliphatic rings. The van der Waals surface area contributed by atoms with Gasteiger partial charge in [0.2, 0.25) is 0 Å². The Bertz CT molecular complexity index is 895. The molecule has 0 heterocycles. The molecule has 0 saturated heterocycles. The highest BCUT2D eigenvalue weighted by Crippen LogP contribution is 2.20. The van der Waals surface area contributed by atoms with Gasteiger partial charge in [0, 0.05) is 20.3 Å². The molecule has 6 heteroatoms. The van der Waals surface area contributed by atoms with E-state index in [2.05, 4.69) is 42.5 Å². The van der Waals surface area contributed by atoms with Crippen LogP contribution in [0.3, 0.4) is 0 Å². The molecule has 0 saturated carbocycles. The Morgan fingerprint density at radius 2 is 1.04 bits per heavy atom. The van der Waals surface area contributed by atoms with Crippen molar-refractivity contribution in [2.24, 2.45) is 0 Å². The molecule has 2 amide bonds. The first-order valence-electron chi connectivity index (χ1n) is 7.76. The maximum atomic E-state index is 12.6. The quantitative estimate of drug-likeness (QED) is 0.509. The Balaban J connectivity index is 1.83. The van der Waals surface area contributed by atoms with E-state index in [9.17, 15) is 9.59 Å². The van der Waals surface area contributed by atoms with Gasteiger partial charge in [-0.3, -0.25) is 9.59 Å². The van der Waals surface area contributed by atoms with Gasteiger partial charge in [-0.1, -0.05) is 56.1 Å². The number of benzene rings is 3. The number of hydrogen-bond donors (Lipinski definition) is 2. The van der Waals surface area contributed by atoms with Crippen LogP contribution in [0.2, 0.25) is 0 Å². The van der Waals surface area contributed by atoms with Gasteiger partial charge in [-0.05, 0) is 48.5 Å². The third kappa shape index (κ3) is 4.59. The van der Waals surface area contributed by atoms with E-state index in [1.54, 1.807) is 48.5 Å². The summed E-state index contributed by atoms with van der Waals surface area (Å²) in [7, 11) is 0. The van der Waals surface area contributed by atoms with Gasteiger partial charge >= 0.3 is 0 Å². The van der Waals surface area contributed by atoms with Crippen LogP contribution >= 0.6 is 31.9 Å². The van der Waals surface area contributed by atoms with Gasteiger partial charge in [0.05, 0.1) is 11.1 Å². The molecule has 3 rings (SSSR count). The van der Waals surface area contributed by atoms with Crippen LogP contribution in [0.1, 0.15) is 20.7 Å². The lowest BCUT2D eigenvalue weighted by Crippen LogP contribution is -2.20. The first-order valence-corrected chi connectivity index (χ1v) is 9.34. The van der Waals surface area contributed by atoms with Crippen molar-refractivity contribution >= 4 is 55.0 Å². The number of halogens is 2. The van der Waals surface area contributed by atoms with Crippen LogP contribution in [0.4, 0.5) is 11.4 Å². The predicted molar refractivity (Wildman–Crippen MR) is 111 cm³/mol. The molecule has 0 fully saturated rings. The summed E-state index contributed by atoms with van der Waals surface area (Å²) in [4.78, 5) is 25.3. The summed E-state index contributed by atoms with van der Waals surface area (Å²) in [5, 5.41) is 5.62. The summed E-state index contributed by atoms with van der Waals surface area (Å²) < 4.78 is 1.71. The lowest BCUT2D eigenvalue weighted by molar-refractivity contribution is 0.0990. The Morgan fingerprint density at radius 3 is 1.42 bits per heavy atom. The van der Waals surface area contributed by atoms with Crippen LogP contribution in [0, 0.1) is 0 Å². The van der Waals surface area contributed by atoms with Crippen molar-refractivity contribution in [1.29, 1.82) is 0 Å². The van der Waals surface area contributed by atoms with Crippen molar-refractivity contribution < 1.29 is 9.59 Å². The smallest absolute Gasteiger partial charge is 0.256 e. The number of hydrogen-bond acceptors (Lipinski definition) is 2. The molecule has 26 heavy (non-hydrogen) atoms. The average Bonchev–Trinajstić information content (AvgIpc) is 2.61. The average molecular weight is 474 g/mol. The Morgan fingerprint density at radius 1 is 0.615 bits per heavy atom. The second kappa shape index (κ2) is 8.29. The molecule has 3 aromatic rings.